The highest BCUT2D eigenvalue weighted by atomic mass is 35.5. The van der Waals surface area contributed by atoms with Gasteiger partial charge in [-0.15, -0.1) is 0 Å². The van der Waals surface area contributed by atoms with Crippen molar-refractivity contribution in [1.29, 1.82) is 0 Å². The quantitative estimate of drug-likeness (QED) is 0.867. The highest BCUT2D eigenvalue weighted by Gasteiger charge is 2.11. The topological polar surface area (TPSA) is 71.1 Å². The van der Waals surface area contributed by atoms with E-state index in [-0.39, 0.29) is 16.8 Å². The maximum absolute atomic E-state index is 12.2. The second-order valence-electron chi connectivity index (χ2n) is 4.79. The summed E-state index contributed by atoms with van der Waals surface area (Å²) >= 11 is 11.8. The van der Waals surface area contributed by atoms with Crippen molar-refractivity contribution in [1.82, 2.24) is 10.3 Å². The molecular weight excluding hydrogens is 337 g/mol. The highest BCUT2D eigenvalue weighted by Crippen LogP contribution is 2.22. The molecule has 120 valence electrons. The summed E-state index contributed by atoms with van der Waals surface area (Å²) < 4.78 is 0. The SMILES string of the molecule is CNC(=O)CCc1cc(NC(=O)c2ccc(Cl)cc2Cl)ccn1. The van der Waals surface area contributed by atoms with Crippen molar-refractivity contribution in [3.8, 4) is 0 Å². The van der Waals surface area contributed by atoms with Crippen LogP contribution in [-0.4, -0.2) is 23.8 Å². The first-order valence-electron chi connectivity index (χ1n) is 6.91. The minimum Gasteiger partial charge on any atom is -0.359 e. The minimum atomic E-state index is -0.338. The van der Waals surface area contributed by atoms with Crippen LogP contribution >= 0.6 is 23.2 Å². The van der Waals surface area contributed by atoms with Crippen LogP contribution in [0.2, 0.25) is 10.0 Å². The van der Waals surface area contributed by atoms with Gasteiger partial charge in [-0.25, -0.2) is 0 Å². The van der Waals surface area contributed by atoms with E-state index in [4.69, 9.17) is 23.2 Å². The van der Waals surface area contributed by atoms with Crippen LogP contribution in [0.4, 0.5) is 5.69 Å². The van der Waals surface area contributed by atoms with Crippen molar-refractivity contribution in [2.75, 3.05) is 12.4 Å². The average Bonchev–Trinajstić information content (AvgIpc) is 2.52. The Bertz CT molecular complexity index is 735. The van der Waals surface area contributed by atoms with Gasteiger partial charge >= 0.3 is 0 Å². The second-order valence-corrected chi connectivity index (χ2v) is 5.63. The lowest BCUT2D eigenvalue weighted by Gasteiger charge is -2.08. The summed E-state index contributed by atoms with van der Waals surface area (Å²) in [7, 11) is 1.59. The predicted octanol–water partition coefficient (Wildman–Crippen LogP) is 3.32. The number of pyridine rings is 1. The molecule has 0 saturated carbocycles. The zero-order valence-corrected chi connectivity index (χ0v) is 13.9. The number of aryl methyl sites for hydroxylation is 1. The van der Waals surface area contributed by atoms with E-state index in [1.54, 1.807) is 37.5 Å². The number of hydrogen-bond donors (Lipinski definition) is 2. The third kappa shape index (κ3) is 4.94. The number of halogens is 2. The van der Waals surface area contributed by atoms with Crippen LogP contribution in [0, 0.1) is 0 Å². The summed E-state index contributed by atoms with van der Waals surface area (Å²) in [6.45, 7) is 0. The molecule has 0 spiro atoms. The van der Waals surface area contributed by atoms with Crippen LogP contribution in [0.1, 0.15) is 22.5 Å². The van der Waals surface area contributed by atoms with Crippen molar-refractivity contribution in [3.05, 3.63) is 57.8 Å². The molecule has 2 amide bonds. The second kappa shape index (κ2) is 7.94. The van der Waals surface area contributed by atoms with Gasteiger partial charge < -0.3 is 10.6 Å². The molecule has 2 rings (SSSR count). The zero-order valence-electron chi connectivity index (χ0n) is 12.4. The van der Waals surface area contributed by atoms with Crippen molar-refractivity contribution >= 4 is 40.7 Å². The Kier molecular flexibility index (Phi) is 5.96. The van der Waals surface area contributed by atoms with Crippen LogP contribution in [0.3, 0.4) is 0 Å². The number of nitrogens with one attached hydrogen (secondary N) is 2. The molecular formula is C16H15Cl2N3O2. The van der Waals surface area contributed by atoms with Gasteiger partial charge in [-0.3, -0.25) is 14.6 Å². The van der Waals surface area contributed by atoms with Gasteiger partial charge in [0.15, 0.2) is 0 Å². The normalized spacial score (nSPS) is 10.2. The molecule has 23 heavy (non-hydrogen) atoms. The van der Waals surface area contributed by atoms with E-state index in [1.165, 1.54) is 6.07 Å². The number of benzene rings is 1. The summed E-state index contributed by atoms with van der Waals surface area (Å²) in [4.78, 5) is 27.7. The molecule has 5 nitrogen and oxygen atoms in total. The molecule has 1 aromatic heterocycles. The third-order valence-electron chi connectivity index (χ3n) is 3.14. The molecule has 1 aromatic carbocycles. The van der Waals surface area contributed by atoms with Gasteiger partial charge in [0, 0.05) is 36.1 Å². The molecule has 2 aromatic rings. The number of carbonyl (C=O) groups excluding carboxylic acids is 2. The van der Waals surface area contributed by atoms with E-state index in [9.17, 15) is 9.59 Å². The number of rotatable bonds is 5. The third-order valence-corrected chi connectivity index (χ3v) is 3.69. The van der Waals surface area contributed by atoms with E-state index < -0.39 is 0 Å². The number of hydrogen-bond acceptors (Lipinski definition) is 3. The number of anilines is 1. The van der Waals surface area contributed by atoms with Crippen LogP contribution < -0.4 is 10.6 Å². The summed E-state index contributed by atoms with van der Waals surface area (Å²) in [5.41, 5.74) is 1.64. The average molecular weight is 352 g/mol. The van der Waals surface area contributed by atoms with Crippen molar-refractivity contribution in [3.63, 3.8) is 0 Å². The molecule has 7 heteroatoms. The minimum absolute atomic E-state index is 0.0609. The Morgan fingerprint density at radius 3 is 2.65 bits per heavy atom. The van der Waals surface area contributed by atoms with Gasteiger partial charge in [0.2, 0.25) is 5.91 Å². The van der Waals surface area contributed by atoms with Crippen LogP contribution in [0.15, 0.2) is 36.5 Å². The van der Waals surface area contributed by atoms with Crippen LogP contribution in [0.25, 0.3) is 0 Å². The molecule has 0 saturated heterocycles. The lowest BCUT2D eigenvalue weighted by Crippen LogP contribution is -2.18. The molecule has 0 unspecified atom stereocenters. The lowest BCUT2D eigenvalue weighted by molar-refractivity contribution is -0.120. The van der Waals surface area contributed by atoms with Gasteiger partial charge in [0.05, 0.1) is 10.6 Å². The number of aromatic nitrogens is 1. The van der Waals surface area contributed by atoms with E-state index in [2.05, 4.69) is 15.6 Å². The predicted molar refractivity (Wildman–Crippen MR) is 91.0 cm³/mol. The first-order valence-corrected chi connectivity index (χ1v) is 7.67. The fourth-order valence-corrected chi connectivity index (χ4v) is 2.43. The van der Waals surface area contributed by atoms with Crippen molar-refractivity contribution in [2.45, 2.75) is 12.8 Å². The van der Waals surface area contributed by atoms with E-state index in [1.807, 2.05) is 0 Å². The fourth-order valence-electron chi connectivity index (χ4n) is 1.93. The molecule has 0 fully saturated rings. The molecule has 0 aliphatic heterocycles. The van der Waals surface area contributed by atoms with E-state index >= 15 is 0 Å². The lowest BCUT2D eigenvalue weighted by atomic mass is 10.2. The molecule has 0 radical (unpaired) electrons. The monoisotopic (exact) mass is 351 g/mol. The Labute approximate surface area is 144 Å². The summed E-state index contributed by atoms with van der Waals surface area (Å²) in [5, 5.41) is 6.05. The first-order chi connectivity index (χ1) is 11.0. The molecule has 2 N–H and O–H groups in total. The van der Waals surface area contributed by atoms with Crippen molar-refractivity contribution in [2.24, 2.45) is 0 Å². The van der Waals surface area contributed by atoms with E-state index in [0.717, 1.165) is 0 Å². The molecule has 0 atom stereocenters. The Hall–Kier alpha value is -2.11. The maximum Gasteiger partial charge on any atom is 0.257 e. The van der Waals surface area contributed by atoms with Gasteiger partial charge in [-0.1, -0.05) is 23.2 Å². The standard InChI is InChI=1S/C16H15Cl2N3O2/c1-19-15(22)5-3-11-9-12(6-7-20-11)21-16(23)13-4-2-10(17)8-14(13)18/h2,4,6-9H,3,5H2,1H3,(H,19,22)(H,20,21,23). The summed E-state index contributed by atoms with van der Waals surface area (Å²) in [6, 6.07) is 8.08. The van der Waals surface area contributed by atoms with Gasteiger partial charge in [-0.05, 0) is 36.8 Å². The van der Waals surface area contributed by atoms with Crippen LogP contribution in [0.5, 0.6) is 0 Å². The summed E-state index contributed by atoms with van der Waals surface area (Å²) in [5.74, 6) is -0.399. The smallest absolute Gasteiger partial charge is 0.257 e. The number of amides is 2. The number of nitrogens with zero attached hydrogens (tertiary/aromatic N) is 1. The Morgan fingerprint density at radius 2 is 1.96 bits per heavy atom. The summed E-state index contributed by atoms with van der Waals surface area (Å²) in [6.07, 6.45) is 2.41. The van der Waals surface area contributed by atoms with Crippen LogP contribution in [-0.2, 0) is 11.2 Å². The number of carbonyl (C=O) groups is 2. The van der Waals surface area contributed by atoms with Crippen molar-refractivity contribution < 1.29 is 9.59 Å². The highest BCUT2D eigenvalue weighted by molar-refractivity contribution is 6.37. The largest absolute Gasteiger partial charge is 0.359 e. The Balaban J connectivity index is 2.07. The molecule has 0 aliphatic carbocycles. The first kappa shape index (κ1) is 17.2. The Morgan fingerprint density at radius 1 is 1.17 bits per heavy atom. The molecule has 1 heterocycles. The zero-order chi connectivity index (χ0) is 16.8. The van der Waals surface area contributed by atoms with Gasteiger partial charge in [0.25, 0.3) is 5.91 Å². The van der Waals surface area contributed by atoms with Gasteiger partial charge in [-0.2, -0.15) is 0 Å². The van der Waals surface area contributed by atoms with Gasteiger partial charge in [0.1, 0.15) is 0 Å². The molecule has 0 bridgehead atoms. The molecule has 0 aliphatic rings. The van der Waals surface area contributed by atoms with E-state index in [0.29, 0.717) is 34.8 Å². The maximum atomic E-state index is 12.2. The fraction of sp³-hybridized carbons (Fsp3) is 0.188.